The number of ether oxygens (including phenoxy) is 4. The maximum atomic E-state index is 12.9. The van der Waals surface area contributed by atoms with Gasteiger partial charge in [-0.05, 0) is 103 Å². The van der Waals surface area contributed by atoms with E-state index in [9.17, 15) is 19.5 Å². The summed E-state index contributed by atoms with van der Waals surface area (Å²) < 4.78 is 22.7. The normalized spacial score (nSPS) is 13.5. The highest BCUT2D eigenvalue weighted by Crippen LogP contribution is 2.15. The summed E-state index contributed by atoms with van der Waals surface area (Å²) >= 11 is 0. The average Bonchev–Trinajstić information content (AvgIpc) is 3.40. The van der Waals surface area contributed by atoms with Crippen molar-refractivity contribution in [2.45, 2.75) is 257 Å². The number of allylic oxidation sites excluding steroid dienone is 18. The number of hydrogen-bond acceptors (Lipinski definition) is 8. The first-order valence-corrected chi connectivity index (χ1v) is 31.0. The van der Waals surface area contributed by atoms with Gasteiger partial charge in [0.05, 0.1) is 40.3 Å². The molecule has 2 atom stereocenters. The molecule has 77 heavy (non-hydrogen) atoms. The summed E-state index contributed by atoms with van der Waals surface area (Å²) in [7, 11) is 5.91. The molecule has 0 aromatic rings. The Kier molecular flexibility index (Phi) is 55.1. The van der Waals surface area contributed by atoms with Crippen LogP contribution in [0.1, 0.15) is 245 Å². The number of carbonyl (C=O) groups is 3. The molecule has 0 aliphatic rings. The third-order valence-corrected chi connectivity index (χ3v) is 13.0. The van der Waals surface area contributed by atoms with Gasteiger partial charge in [-0.1, -0.05) is 239 Å². The van der Waals surface area contributed by atoms with Crippen LogP contribution in [0.25, 0.3) is 0 Å². The van der Waals surface area contributed by atoms with Crippen LogP contribution in [0.15, 0.2) is 109 Å². The third-order valence-electron chi connectivity index (χ3n) is 13.0. The van der Waals surface area contributed by atoms with Crippen molar-refractivity contribution in [3.8, 4) is 0 Å². The van der Waals surface area contributed by atoms with Crippen LogP contribution in [-0.2, 0) is 33.3 Å². The SMILES string of the molecule is CC/C=C\C/C=C\C/C=C\C/C=C\C/C=C\C/C=C\C/C=C\C/C=C\CCCCCCCCCCCCCCC(=O)OC(COC(=O)CCCCCCC/C=C\CCCCCCCC)COC(OCC[N+](C)(C)C)C(=O)[O-]. The Labute approximate surface area is 473 Å². The number of nitrogens with zero attached hydrogens (tertiary/aromatic N) is 1. The monoisotopic (exact) mass is 1070 g/mol. The molecule has 0 rings (SSSR count). The summed E-state index contributed by atoms with van der Waals surface area (Å²) in [5.41, 5.74) is 0. The molecule has 0 saturated heterocycles. The molecule has 440 valence electrons. The minimum atomic E-state index is -1.63. The first-order chi connectivity index (χ1) is 37.6. The smallest absolute Gasteiger partial charge is 0.306 e. The Balaban J connectivity index is 4.14. The minimum Gasteiger partial charge on any atom is -0.545 e. The van der Waals surface area contributed by atoms with Gasteiger partial charge in [-0.2, -0.15) is 0 Å². The van der Waals surface area contributed by atoms with Crippen LogP contribution in [0.5, 0.6) is 0 Å². The molecule has 9 nitrogen and oxygen atoms in total. The minimum absolute atomic E-state index is 0.142. The summed E-state index contributed by atoms with van der Waals surface area (Å²) in [5.74, 6) is -2.30. The molecule has 0 saturated carbocycles. The van der Waals surface area contributed by atoms with E-state index < -0.39 is 24.3 Å². The Morgan fingerprint density at radius 2 is 0.740 bits per heavy atom. The molecule has 2 unspecified atom stereocenters. The van der Waals surface area contributed by atoms with E-state index in [2.05, 4.69) is 123 Å². The zero-order valence-electron chi connectivity index (χ0n) is 50.0. The quantitative estimate of drug-likeness (QED) is 0.0195. The van der Waals surface area contributed by atoms with Crippen molar-refractivity contribution in [1.29, 1.82) is 0 Å². The molecule has 0 bridgehead atoms. The molecule has 0 fully saturated rings. The van der Waals surface area contributed by atoms with Crippen LogP contribution in [0.4, 0.5) is 0 Å². The second-order valence-corrected chi connectivity index (χ2v) is 21.6. The van der Waals surface area contributed by atoms with Gasteiger partial charge in [0, 0.05) is 12.8 Å². The molecule has 0 amide bonds. The fourth-order valence-corrected chi connectivity index (χ4v) is 8.25. The molecule has 0 spiro atoms. The highest BCUT2D eigenvalue weighted by atomic mass is 16.7. The second kappa shape index (κ2) is 58.1. The predicted molar refractivity (Wildman–Crippen MR) is 324 cm³/mol. The van der Waals surface area contributed by atoms with Crippen molar-refractivity contribution < 1.29 is 42.9 Å². The Morgan fingerprint density at radius 3 is 1.12 bits per heavy atom. The summed E-state index contributed by atoms with van der Waals surface area (Å²) in [5, 5.41) is 11.8. The van der Waals surface area contributed by atoms with Gasteiger partial charge in [0.25, 0.3) is 0 Å². The van der Waals surface area contributed by atoms with Gasteiger partial charge in [-0.15, -0.1) is 0 Å². The van der Waals surface area contributed by atoms with Crippen molar-refractivity contribution in [2.24, 2.45) is 0 Å². The highest BCUT2D eigenvalue weighted by molar-refractivity contribution is 5.70. The van der Waals surface area contributed by atoms with Gasteiger partial charge >= 0.3 is 11.9 Å². The molecule has 0 aliphatic carbocycles. The van der Waals surface area contributed by atoms with Crippen molar-refractivity contribution in [1.82, 2.24) is 0 Å². The van der Waals surface area contributed by atoms with Gasteiger partial charge in [-0.3, -0.25) is 9.59 Å². The molecule has 0 radical (unpaired) electrons. The van der Waals surface area contributed by atoms with Gasteiger partial charge in [0.15, 0.2) is 12.4 Å². The third kappa shape index (κ3) is 59.5. The lowest BCUT2D eigenvalue weighted by molar-refractivity contribution is -0.870. The summed E-state index contributed by atoms with van der Waals surface area (Å²) in [6.07, 6.45) is 77.2. The molecule has 9 heteroatoms. The van der Waals surface area contributed by atoms with E-state index in [-0.39, 0.29) is 38.6 Å². The van der Waals surface area contributed by atoms with Crippen LogP contribution < -0.4 is 5.11 Å². The number of carbonyl (C=O) groups excluding carboxylic acids is 3. The van der Waals surface area contributed by atoms with Crippen molar-refractivity contribution in [2.75, 3.05) is 47.5 Å². The molecule has 0 aromatic heterocycles. The number of esters is 2. The fraction of sp³-hybridized carbons (Fsp3) is 0.691. The number of rotatable bonds is 56. The largest absolute Gasteiger partial charge is 0.545 e. The lowest BCUT2D eigenvalue weighted by Gasteiger charge is -2.26. The van der Waals surface area contributed by atoms with Crippen LogP contribution >= 0.6 is 0 Å². The first kappa shape index (κ1) is 73.0. The molecule has 0 aromatic carbocycles. The number of carboxylic acid groups (broad SMARTS) is 1. The van der Waals surface area contributed by atoms with Crippen molar-refractivity contribution in [3.05, 3.63) is 109 Å². The van der Waals surface area contributed by atoms with E-state index in [1.165, 1.54) is 103 Å². The van der Waals surface area contributed by atoms with Gasteiger partial charge in [0.2, 0.25) is 0 Å². The standard InChI is InChI=1S/C68H115NO8/c1-6-8-10-12-14-16-18-20-22-23-24-25-26-27-28-29-30-31-32-33-34-35-36-37-38-39-40-41-42-43-45-47-49-51-53-55-57-59-66(71)77-64(63-76-68(67(72)73)74-61-60-69(3,4)5)62-75-65(70)58-56-54-52-50-48-46-44-21-19-17-15-13-11-9-7-2/h8,10,14,16,20-22,24-25,27-28,30-31,33-34,36-37,44,64,68H,6-7,9,11-13,15,17-19,23,26,29,32,35,38-43,45-63H2,1-5H3/b10-8-,16-14-,22-20-,25-24-,28-27-,31-30-,34-33-,37-36-,44-21-. The lowest BCUT2D eigenvalue weighted by atomic mass is 10.0. The second-order valence-electron chi connectivity index (χ2n) is 21.6. The van der Waals surface area contributed by atoms with Crippen LogP contribution in [-0.4, -0.2) is 82.3 Å². The van der Waals surface area contributed by atoms with E-state index in [0.717, 1.165) is 109 Å². The summed E-state index contributed by atoms with van der Waals surface area (Å²) in [6.45, 7) is 4.61. The first-order valence-electron chi connectivity index (χ1n) is 31.0. The van der Waals surface area contributed by atoms with Gasteiger partial charge in [-0.25, -0.2) is 0 Å². The topological polar surface area (TPSA) is 111 Å². The summed E-state index contributed by atoms with van der Waals surface area (Å²) in [6, 6.07) is 0. The van der Waals surface area contributed by atoms with E-state index in [0.29, 0.717) is 17.4 Å². The van der Waals surface area contributed by atoms with Crippen LogP contribution in [0.3, 0.4) is 0 Å². The molecule has 0 aliphatic heterocycles. The number of aliphatic carboxylic acids is 1. The van der Waals surface area contributed by atoms with Gasteiger partial charge in [0.1, 0.15) is 13.2 Å². The number of quaternary nitrogens is 1. The van der Waals surface area contributed by atoms with Crippen molar-refractivity contribution in [3.63, 3.8) is 0 Å². The van der Waals surface area contributed by atoms with Crippen LogP contribution in [0, 0.1) is 0 Å². The average molecular weight is 1070 g/mol. The maximum Gasteiger partial charge on any atom is 0.306 e. The number of likely N-dealkylation sites (N-methyl/N-ethyl adjacent to an activating group) is 1. The zero-order chi connectivity index (χ0) is 56.2. The van der Waals surface area contributed by atoms with E-state index in [1.807, 2.05) is 21.1 Å². The van der Waals surface area contributed by atoms with E-state index >= 15 is 0 Å². The maximum absolute atomic E-state index is 12.9. The fourth-order valence-electron chi connectivity index (χ4n) is 8.25. The molecular formula is C68H115NO8. The lowest BCUT2D eigenvalue weighted by Crippen LogP contribution is -2.44. The Morgan fingerprint density at radius 1 is 0.403 bits per heavy atom. The molecular weight excluding hydrogens is 959 g/mol. The predicted octanol–water partition coefficient (Wildman–Crippen LogP) is 17.3. The number of hydrogen-bond donors (Lipinski definition) is 0. The van der Waals surface area contributed by atoms with E-state index in [4.69, 9.17) is 18.9 Å². The zero-order valence-corrected chi connectivity index (χ0v) is 50.0. The Bertz CT molecular complexity index is 1630. The van der Waals surface area contributed by atoms with Crippen molar-refractivity contribution >= 4 is 17.9 Å². The summed E-state index contributed by atoms with van der Waals surface area (Å²) in [4.78, 5) is 37.3. The highest BCUT2D eigenvalue weighted by Gasteiger charge is 2.22. The molecule has 0 N–H and O–H groups in total. The molecule has 0 heterocycles. The van der Waals surface area contributed by atoms with Gasteiger partial charge < -0.3 is 33.3 Å². The Hall–Kier alpha value is -4.05. The number of carboxylic acids is 1. The van der Waals surface area contributed by atoms with E-state index in [1.54, 1.807) is 0 Å². The number of unbranched alkanes of at least 4 members (excludes halogenated alkanes) is 23. The van der Waals surface area contributed by atoms with Crippen LogP contribution in [0.2, 0.25) is 0 Å².